The third-order valence-electron chi connectivity index (χ3n) is 15.4. The summed E-state index contributed by atoms with van der Waals surface area (Å²) >= 11 is 0. The molecule has 16 heteroatoms. The number of carbonyl (C=O) groups excluding carboxylic acids is 4. The zero-order chi connectivity index (χ0) is 51.1. The molecule has 0 radical (unpaired) electrons. The number of nitrogens with one attached hydrogen (secondary N) is 1. The van der Waals surface area contributed by atoms with E-state index in [9.17, 15) is 34.5 Å². The number of piperazine rings is 1. The van der Waals surface area contributed by atoms with Crippen molar-refractivity contribution in [2.75, 3.05) is 51.1 Å². The van der Waals surface area contributed by atoms with Crippen molar-refractivity contribution < 1.29 is 48.7 Å². The lowest BCUT2D eigenvalue weighted by Gasteiger charge is -2.38. The van der Waals surface area contributed by atoms with E-state index in [-0.39, 0.29) is 68.0 Å². The number of phenolic OH excluding ortho intramolecular Hbond substituents is 2. The maximum absolute atomic E-state index is 14.7. The Balaban J connectivity index is 0.953. The zero-order valence-electron chi connectivity index (χ0n) is 42.5. The van der Waals surface area contributed by atoms with Gasteiger partial charge < -0.3 is 44.6 Å². The Bertz CT molecular complexity index is 2830. The molecule has 1 aliphatic carbocycles. The molecule has 2 saturated heterocycles. The molecule has 1 spiro atoms. The summed E-state index contributed by atoms with van der Waals surface area (Å²) in [6.07, 6.45) is 11.3. The van der Waals surface area contributed by atoms with Crippen LogP contribution in [0, 0.1) is 18.8 Å². The molecular weight excluding hydrogens is 917 g/mol. The number of aliphatic hydroxyl groups is 1. The van der Waals surface area contributed by atoms with E-state index in [0.29, 0.717) is 69.1 Å². The number of nitrogens with zero attached hydrogens (tertiary/aromatic N) is 5. The first-order valence-corrected chi connectivity index (χ1v) is 25.9. The number of fused-ring (bicyclic) bond motifs is 14. The van der Waals surface area contributed by atoms with Crippen molar-refractivity contribution in [3.05, 3.63) is 93.4 Å². The van der Waals surface area contributed by atoms with Gasteiger partial charge in [0, 0.05) is 94.6 Å². The summed E-state index contributed by atoms with van der Waals surface area (Å²) in [5.74, 6) is -4.18. The number of anilines is 1. The van der Waals surface area contributed by atoms with Gasteiger partial charge >= 0.3 is 11.8 Å². The standard InChI is InChI=1S/C56H70N6O10/c1-33(2)32-60-21-19-56(20-22-60)58-47-44-45-50(66)36(5)52-46(44)53(68)55(6,72-52)70-27-10-9-16-41(30-40(63)18-17-34(3)12-11-13-35(4)54(69)57-49(51(45)67)48(47)59-56)71-43(65)31-42(64)62-25-23-61(24-26-62)39-28-37-14-7-8-15-38(37)29-39/h7-8,10-15,27,33-34,39-41,63,66-67H,9,16-26,28-32H2,1-6H3,(H,57,69)/b12-11+,27-10+,35-13-/t34?,40?,41-,55?/m1/s1. The molecule has 6 heterocycles. The molecule has 0 saturated carbocycles. The number of amides is 2. The number of ether oxygens (including phenoxy) is 3. The first-order chi connectivity index (χ1) is 34.4. The minimum Gasteiger partial charge on any atom is -0.507 e. The Hall–Kier alpha value is -6.10. The number of hydrogen-bond donors (Lipinski definition) is 4. The summed E-state index contributed by atoms with van der Waals surface area (Å²) in [7, 11) is 0. The number of ketones is 1. The van der Waals surface area contributed by atoms with Gasteiger partial charge in [-0.2, -0.15) is 0 Å². The van der Waals surface area contributed by atoms with Gasteiger partial charge in [0.25, 0.3) is 11.7 Å². The first kappa shape index (κ1) is 50.8. The van der Waals surface area contributed by atoms with Gasteiger partial charge in [0.2, 0.25) is 5.91 Å². The minimum absolute atomic E-state index is 0.0100. The molecule has 5 bridgehead atoms. The minimum atomic E-state index is -1.90. The van der Waals surface area contributed by atoms with Gasteiger partial charge in [0.05, 0.1) is 28.7 Å². The first-order valence-electron chi connectivity index (χ1n) is 25.9. The van der Waals surface area contributed by atoms with E-state index in [1.165, 1.54) is 24.3 Å². The second-order valence-corrected chi connectivity index (χ2v) is 21.4. The second-order valence-electron chi connectivity index (χ2n) is 21.4. The Morgan fingerprint density at radius 1 is 0.931 bits per heavy atom. The van der Waals surface area contributed by atoms with Crippen molar-refractivity contribution in [1.29, 1.82) is 0 Å². The number of rotatable bonds is 6. The third-order valence-corrected chi connectivity index (χ3v) is 15.4. The van der Waals surface area contributed by atoms with E-state index >= 15 is 0 Å². The van der Waals surface area contributed by atoms with Gasteiger partial charge in [0.15, 0.2) is 11.4 Å². The fourth-order valence-corrected chi connectivity index (χ4v) is 11.3. The number of phenols is 2. The molecule has 16 nitrogen and oxygen atoms in total. The number of benzene rings is 3. The number of aromatic hydroxyl groups is 2. The number of hydrogen-bond acceptors (Lipinski definition) is 14. The van der Waals surface area contributed by atoms with Gasteiger partial charge in [0.1, 0.15) is 35.1 Å². The van der Waals surface area contributed by atoms with Gasteiger partial charge in [-0.3, -0.25) is 34.1 Å². The number of aliphatic hydroxyl groups excluding tert-OH is 1. The predicted molar refractivity (Wildman–Crippen MR) is 271 cm³/mol. The SMILES string of the molecule is C/C1=C/C=C/C(C)CCC(O)C[C@H](OC(=O)CC(=O)N2CCN(C3Cc4ccccc4C3)CC2)CC/C=C/OC2(C)Oc3c(C)c(O)c4c(O)c(c5c(c4c3C2=O)=NC2(CCN(CC(C)C)CC2)N=5)NC1=O. The van der Waals surface area contributed by atoms with E-state index in [2.05, 4.69) is 53.2 Å². The van der Waals surface area contributed by atoms with E-state index in [0.717, 1.165) is 45.6 Å². The van der Waals surface area contributed by atoms with Crippen molar-refractivity contribution in [2.24, 2.45) is 21.8 Å². The molecule has 10 rings (SSSR count). The monoisotopic (exact) mass is 987 g/mol. The largest absolute Gasteiger partial charge is 0.507 e. The number of likely N-dealkylation sites (tertiary alicyclic amines) is 1. The van der Waals surface area contributed by atoms with Crippen LogP contribution in [0.2, 0.25) is 0 Å². The maximum atomic E-state index is 14.7. The molecule has 2 fully saturated rings. The summed E-state index contributed by atoms with van der Waals surface area (Å²) in [5, 5.41) is 38.7. The summed E-state index contributed by atoms with van der Waals surface area (Å²) in [6.45, 7) is 15.9. The number of allylic oxidation sites excluding steroid dienone is 4. The number of carbonyl (C=O) groups is 4. The van der Waals surface area contributed by atoms with Crippen LogP contribution in [0.25, 0.3) is 10.8 Å². The molecule has 72 heavy (non-hydrogen) atoms. The van der Waals surface area contributed by atoms with Crippen molar-refractivity contribution in [3.8, 4) is 17.2 Å². The molecule has 0 aromatic heterocycles. The van der Waals surface area contributed by atoms with Crippen molar-refractivity contribution in [1.82, 2.24) is 14.7 Å². The smallest absolute Gasteiger partial charge is 0.315 e. The van der Waals surface area contributed by atoms with Crippen LogP contribution >= 0.6 is 0 Å². The van der Waals surface area contributed by atoms with Crippen LogP contribution in [-0.4, -0.2) is 129 Å². The quantitative estimate of drug-likeness (QED) is 0.126. The zero-order valence-corrected chi connectivity index (χ0v) is 42.5. The van der Waals surface area contributed by atoms with E-state index < -0.39 is 53.5 Å². The van der Waals surface area contributed by atoms with Crippen LogP contribution in [0.3, 0.4) is 0 Å². The molecular formula is C56H70N6O10. The summed E-state index contributed by atoms with van der Waals surface area (Å²) in [4.78, 5) is 72.5. The molecule has 7 aliphatic rings. The number of Topliss-reactive ketones (excluding diaryl/α,β-unsaturated/α-hetero) is 1. The molecule has 384 valence electrons. The molecule has 4 N–H and O–H groups in total. The van der Waals surface area contributed by atoms with Crippen LogP contribution in [0.5, 0.6) is 17.2 Å². The third kappa shape index (κ3) is 10.4. The average Bonchev–Trinajstić information content (AvgIpc) is 4.03. The molecule has 3 aromatic rings. The van der Waals surface area contributed by atoms with Crippen LogP contribution in [-0.2, 0) is 36.7 Å². The highest BCUT2D eigenvalue weighted by molar-refractivity contribution is 6.19. The van der Waals surface area contributed by atoms with Gasteiger partial charge in [-0.15, -0.1) is 0 Å². The molecule has 3 unspecified atom stereocenters. The Labute approximate surface area is 421 Å². The molecule has 6 aliphatic heterocycles. The van der Waals surface area contributed by atoms with Gasteiger partial charge in [-0.05, 0) is 81.4 Å². The van der Waals surface area contributed by atoms with E-state index in [1.807, 2.05) is 13.0 Å². The fourth-order valence-electron chi connectivity index (χ4n) is 11.3. The fraction of sp³-hybridized carbons (Fsp3) is 0.536. The Morgan fingerprint density at radius 3 is 2.32 bits per heavy atom. The lowest BCUT2D eigenvalue weighted by molar-refractivity contribution is -0.155. The number of piperidine rings is 1. The summed E-state index contributed by atoms with van der Waals surface area (Å²) in [5.41, 5.74) is 2.39. The van der Waals surface area contributed by atoms with Gasteiger partial charge in [-0.25, -0.2) is 0 Å². The van der Waals surface area contributed by atoms with E-state index in [4.69, 9.17) is 24.2 Å². The highest BCUT2D eigenvalue weighted by atomic mass is 16.7. The Morgan fingerprint density at radius 2 is 1.62 bits per heavy atom. The van der Waals surface area contributed by atoms with Crippen LogP contribution in [0.15, 0.2) is 70.4 Å². The van der Waals surface area contributed by atoms with Crippen molar-refractivity contribution >= 4 is 40.0 Å². The highest BCUT2D eigenvalue weighted by Gasteiger charge is 2.50. The topological polar surface area (TPSA) is 203 Å². The molecule has 4 atom stereocenters. The predicted octanol–water partition coefficient (Wildman–Crippen LogP) is 6.10. The van der Waals surface area contributed by atoms with Crippen molar-refractivity contribution in [3.63, 3.8) is 0 Å². The lowest BCUT2D eigenvalue weighted by atomic mass is 9.93. The van der Waals surface area contributed by atoms with Crippen LogP contribution in [0.4, 0.5) is 5.69 Å². The summed E-state index contributed by atoms with van der Waals surface area (Å²) < 4.78 is 18.4. The molecule has 2 amide bonds. The number of esters is 1. The van der Waals surface area contributed by atoms with E-state index in [1.54, 1.807) is 37.0 Å². The maximum Gasteiger partial charge on any atom is 0.315 e. The van der Waals surface area contributed by atoms with Crippen molar-refractivity contribution in [2.45, 2.75) is 135 Å². The highest BCUT2D eigenvalue weighted by Crippen LogP contribution is 2.50. The molecule has 3 aromatic carbocycles. The summed E-state index contributed by atoms with van der Waals surface area (Å²) in [6, 6.07) is 8.94. The second kappa shape index (κ2) is 20.8. The lowest BCUT2D eigenvalue weighted by Crippen LogP contribution is -2.52. The van der Waals surface area contributed by atoms with Gasteiger partial charge in [-0.1, -0.05) is 63.3 Å². The normalized spacial score (nSPS) is 26.8. The Kier molecular flexibility index (Phi) is 14.7. The average molecular weight is 987 g/mol. The van der Waals surface area contributed by atoms with Crippen LogP contribution < -0.4 is 20.8 Å². The van der Waals surface area contributed by atoms with Crippen LogP contribution in [0.1, 0.15) is 113 Å².